The molecule has 0 bridgehead atoms. The van der Waals surface area contributed by atoms with E-state index in [-0.39, 0.29) is 28.0 Å². The van der Waals surface area contributed by atoms with Crippen molar-refractivity contribution in [1.29, 1.82) is 0 Å². The van der Waals surface area contributed by atoms with Crippen molar-refractivity contribution in [1.82, 2.24) is 39.5 Å². The zero-order chi connectivity index (χ0) is 30.1. The van der Waals surface area contributed by atoms with Crippen LogP contribution in [0.1, 0.15) is 46.3 Å². The smallest absolute Gasteiger partial charge is 0.285 e. The third-order valence-corrected chi connectivity index (χ3v) is 8.59. The van der Waals surface area contributed by atoms with Gasteiger partial charge in [0.1, 0.15) is 5.15 Å². The Morgan fingerprint density at radius 2 is 1.86 bits per heavy atom. The molecule has 0 radical (unpaired) electrons. The van der Waals surface area contributed by atoms with Crippen LogP contribution in [0.2, 0.25) is 5.15 Å². The van der Waals surface area contributed by atoms with E-state index in [4.69, 9.17) is 16.6 Å². The lowest BCUT2D eigenvalue weighted by atomic mass is 10.0. The fraction of sp³-hybridized carbons (Fsp3) is 0.423. The molecule has 16 heteroatoms. The van der Waals surface area contributed by atoms with E-state index in [1.165, 1.54) is 10.9 Å². The summed E-state index contributed by atoms with van der Waals surface area (Å²) in [6, 6.07) is 6.35. The van der Waals surface area contributed by atoms with Crippen LogP contribution in [-0.2, 0) is 24.1 Å². The minimum absolute atomic E-state index is 0.0312. The Bertz CT molecular complexity index is 1910. The minimum Gasteiger partial charge on any atom is -0.377 e. The standard InChI is InChI=1S/C26H29ClN10O4S/c1-12-8-14(13(2)28-18-6-7-19(27)29-22(18)24(38)33-42(5,40)41)21-15(9-12)25(39)35(3)26(30-21)37-10-16-17(11-37)20(16)23-31-34-36(4)32-23/h6-9,13,16-17,20,28H,10-11H2,1-5H3,(H,33,38)/t13-,16-,17+,20?/m1/s1. The Hall–Kier alpha value is -4.11. The minimum atomic E-state index is -3.83. The highest BCUT2D eigenvalue weighted by atomic mass is 35.5. The predicted octanol–water partition coefficient (Wildman–Crippen LogP) is 1.53. The van der Waals surface area contributed by atoms with E-state index < -0.39 is 22.0 Å². The van der Waals surface area contributed by atoms with Crippen molar-refractivity contribution in [3.63, 3.8) is 0 Å². The van der Waals surface area contributed by atoms with Crippen molar-refractivity contribution >= 4 is 50.1 Å². The van der Waals surface area contributed by atoms with E-state index in [1.54, 1.807) is 24.7 Å². The number of tetrazole rings is 1. The maximum absolute atomic E-state index is 13.6. The maximum Gasteiger partial charge on any atom is 0.285 e. The van der Waals surface area contributed by atoms with E-state index in [0.717, 1.165) is 36.3 Å². The first kappa shape index (κ1) is 28.0. The molecule has 1 aliphatic heterocycles. The van der Waals surface area contributed by atoms with Gasteiger partial charge in [0.15, 0.2) is 11.5 Å². The van der Waals surface area contributed by atoms with Crippen LogP contribution in [-0.4, -0.2) is 68.4 Å². The first-order valence-electron chi connectivity index (χ1n) is 13.3. The Morgan fingerprint density at radius 3 is 2.50 bits per heavy atom. The molecule has 1 aliphatic carbocycles. The van der Waals surface area contributed by atoms with Crippen molar-refractivity contribution in [2.24, 2.45) is 25.9 Å². The molecule has 4 aromatic rings. The van der Waals surface area contributed by atoms with Gasteiger partial charge in [-0.15, -0.1) is 10.2 Å². The number of piperidine rings is 1. The number of fused-ring (bicyclic) bond motifs is 2. The number of benzene rings is 1. The van der Waals surface area contributed by atoms with Gasteiger partial charge < -0.3 is 10.2 Å². The van der Waals surface area contributed by atoms with Crippen molar-refractivity contribution in [3.8, 4) is 0 Å². The van der Waals surface area contributed by atoms with E-state index >= 15 is 0 Å². The number of carbonyl (C=O) groups is 1. The van der Waals surface area contributed by atoms with Crippen molar-refractivity contribution < 1.29 is 13.2 Å². The van der Waals surface area contributed by atoms with Gasteiger partial charge >= 0.3 is 0 Å². The largest absolute Gasteiger partial charge is 0.377 e. The van der Waals surface area contributed by atoms with Gasteiger partial charge in [-0.2, -0.15) is 4.80 Å². The second-order valence-corrected chi connectivity index (χ2v) is 13.2. The average molecular weight is 613 g/mol. The zero-order valence-electron chi connectivity index (χ0n) is 23.5. The average Bonchev–Trinajstić information content (AvgIpc) is 3.20. The molecule has 2 aliphatic rings. The molecule has 1 unspecified atom stereocenters. The first-order chi connectivity index (χ1) is 19.8. The van der Waals surface area contributed by atoms with E-state index in [9.17, 15) is 18.0 Å². The first-order valence-corrected chi connectivity index (χ1v) is 15.5. The Balaban J connectivity index is 1.33. The Labute approximate surface area is 246 Å². The molecule has 1 aromatic carbocycles. The van der Waals surface area contributed by atoms with Gasteiger partial charge in [0, 0.05) is 31.6 Å². The summed E-state index contributed by atoms with van der Waals surface area (Å²) in [5.74, 6) is 1.41. The number of nitrogens with zero attached hydrogens (tertiary/aromatic N) is 8. The molecule has 1 saturated carbocycles. The van der Waals surface area contributed by atoms with E-state index in [0.29, 0.717) is 28.7 Å². The second kappa shape index (κ2) is 10.0. The van der Waals surface area contributed by atoms with Gasteiger partial charge in [-0.25, -0.2) is 23.1 Å². The van der Waals surface area contributed by atoms with Crippen LogP contribution in [0.5, 0.6) is 0 Å². The molecule has 3 aromatic heterocycles. The van der Waals surface area contributed by atoms with Crippen molar-refractivity contribution in [2.75, 3.05) is 29.6 Å². The number of halogens is 1. The van der Waals surface area contributed by atoms with Crippen LogP contribution >= 0.6 is 11.6 Å². The predicted molar refractivity (Wildman–Crippen MR) is 156 cm³/mol. The fourth-order valence-corrected chi connectivity index (χ4v) is 6.49. The topological polar surface area (TPSA) is 170 Å². The normalized spacial score (nSPS) is 20.4. The Morgan fingerprint density at radius 1 is 1.14 bits per heavy atom. The molecule has 6 rings (SSSR count). The number of nitrogens with one attached hydrogen (secondary N) is 2. The van der Waals surface area contributed by atoms with Crippen molar-refractivity contribution in [3.05, 3.63) is 62.4 Å². The van der Waals surface area contributed by atoms with Crippen molar-refractivity contribution in [2.45, 2.75) is 25.8 Å². The summed E-state index contributed by atoms with van der Waals surface area (Å²) in [7, 11) is -0.353. The number of hydrogen-bond donors (Lipinski definition) is 2. The molecule has 4 atom stereocenters. The van der Waals surface area contributed by atoms with Gasteiger partial charge in [-0.05, 0) is 54.7 Å². The third-order valence-electron chi connectivity index (χ3n) is 7.82. The van der Waals surface area contributed by atoms with Gasteiger partial charge in [0.05, 0.1) is 35.9 Å². The number of aryl methyl sites for hydroxylation is 2. The van der Waals surface area contributed by atoms with Crippen LogP contribution < -0.4 is 20.5 Å². The van der Waals surface area contributed by atoms with Gasteiger partial charge in [0.2, 0.25) is 16.0 Å². The number of rotatable bonds is 7. The maximum atomic E-state index is 13.6. The summed E-state index contributed by atoms with van der Waals surface area (Å²) in [5.41, 5.74) is 2.07. The molecule has 14 nitrogen and oxygen atoms in total. The van der Waals surface area contributed by atoms with Crippen LogP contribution in [0.4, 0.5) is 11.6 Å². The van der Waals surface area contributed by atoms with Crippen LogP contribution in [0.15, 0.2) is 29.1 Å². The summed E-state index contributed by atoms with van der Waals surface area (Å²) in [6.07, 6.45) is 0.879. The van der Waals surface area contributed by atoms with Gasteiger partial charge in [-0.1, -0.05) is 17.7 Å². The number of carbonyl (C=O) groups excluding carboxylic acids is 1. The second-order valence-electron chi connectivity index (χ2n) is 11.0. The number of hydrogen-bond acceptors (Lipinski definition) is 11. The molecular weight excluding hydrogens is 584 g/mol. The molecule has 2 N–H and O–H groups in total. The molecule has 220 valence electrons. The Kier molecular flexibility index (Phi) is 6.68. The molecule has 2 fully saturated rings. The zero-order valence-corrected chi connectivity index (χ0v) is 25.1. The van der Waals surface area contributed by atoms with E-state index in [2.05, 4.69) is 30.6 Å². The quantitative estimate of drug-likeness (QED) is 0.290. The summed E-state index contributed by atoms with van der Waals surface area (Å²) < 4.78 is 26.9. The molecular formula is C26H29ClN10O4S. The molecule has 1 saturated heterocycles. The molecule has 1 amide bonds. The molecule has 0 spiro atoms. The monoisotopic (exact) mass is 612 g/mol. The number of sulfonamides is 1. The number of aromatic nitrogens is 7. The highest BCUT2D eigenvalue weighted by Gasteiger charge is 2.59. The lowest BCUT2D eigenvalue weighted by Gasteiger charge is -2.24. The summed E-state index contributed by atoms with van der Waals surface area (Å²) >= 11 is 6.02. The lowest BCUT2D eigenvalue weighted by molar-refractivity contribution is 0.0977. The number of anilines is 2. The summed E-state index contributed by atoms with van der Waals surface area (Å²) in [6.45, 7) is 5.21. The van der Waals surface area contributed by atoms with Crippen LogP contribution in [0.3, 0.4) is 0 Å². The number of amides is 1. The van der Waals surface area contributed by atoms with E-state index in [1.807, 2.05) is 30.7 Å². The SMILES string of the molecule is Cc1cc([C@@H](C)Nc2ccc(Cl)nc2C(=O)NS(C)(=O)=O)c2nc(N3C[C@@H]4C(c5nnn(C)n5)[C@@H]4C3)n(C)c(=O)c2c1. The van der Waals surface area contributed by atoms with Gasteiger partial charge in [-0.3, -0.25) is 14.2 Å². The molecule has 4 heterocycles. The summed E-state index contributed by atoms with van der Waals surface area (Å²) in [5, 5.41) is 16.3. The highest BCUT2D eigenvalue weighted by Crippen LogP contribution is 2.57. The summed E-state index contributed by atoms with van der Waals surface area (Å²) in [4.78, 5) is 39.0. The van der Waals surface area contributed by atoms with Gasteiger partial charge in [0.25, 0.3) is 11.5 Å². The number of pyridine rings is 1. The van der Waals surface area contributed by atoms with Crippen LogP contribution in [0, 0.1) is 18.8 Å². The third kappa shape index (κ3) is 5.06. The lowest BCUT2D eigenvalue weighted by Crippen LogP contribution is -2.32. The fourth-order valence-electron chi connectivity index (χ4n) is 5.91. The highest BCUT2D eigenvalue weighted by molar-refractivity contribution is 7.89. The molecule has 42 heavy (non-hydrogen) atoms. The van der Waals surface area contributed by atoms with Crippen LogP contribution in [0.25, 0.3) is 10.9 Å².